The molecule has 2 N–H and O–H groups in total. The Kier molecular flexibility index (Phi) is 6.76. The van der Waals surface area contributed by atoms with E-state index in [1.807, 2.05) is 43.6 Å². The van der Waals surface area contributed by atoms with E-state index in [0.717, 1.165) is 24.3 Å². The predicted molar refractivity (Wildman–Crippen MR) is 135 cm³/mol. The molecule has 9 nitrogen and oxygen atoms in total. The van der Waals surface area contributed by atoms with E-state index in [2.05, 4.69) is 25.6 Å². The maximum atomic E-state index is 14.5. The molecule has 3 heterocycles. The number of morpholine rings is 1. The van der Waals surface area contributed by atoms with E-state index in [4.69, 9.17) is 9.47 Å². The van der Waals surface area contributed by atoms with Gasteiger partial charge in [0, 0.05) is 55.4 Å². The molecule has 1 fully saturated rings. The second kappa shape index (κ2) is 10.4. The second-order valence-electron chi connectivity index (χ2n) is 8.24. The lowest BCUT2D eigenvalue weighted by Crippen LogP contribution is -2.36. The van der Waals surface area contributed by atoms with Crippen LogP contribution < -0.4 is 20.3 Å². The largest absolute Gasteiger partial charge is 0.439 e. The van der Waals surface area contributed by atoms with Gasteiger partial charge in [-0.2, -0.15) is 5.10 Å². The third kappa shape index (κ3) is 5.61. The van der Waals surface area contributed by atoms with E-state index in [1.54, 1.807) is 23.0 Å². The number of hydrogen-bond donors (Lipinski definition) is 2. The maximum absolute atomic E-state index is 14.5. The first kappa shape index (κ1) is 23.3. The summed E-state index contributed by atoms with van der Waals surface area (Å²) in [5.41, 5.74) is 3.11. The van der Waals surface area contributed by atoms with Crippen LogP contribution in [0.5, 0.6) is 11.6 Å². The molecule has 0 radical (unpaired) electrons. The van der Waals surface area contributed by atoms with Gasteiger partial charge in [-0.05, 0) is 36.4 Å². The highest BCUT2D eigenvalue weighted by molar-refractivity contribution is 6.00. The van der Waals surface area contributed by atoms with Gasteiger partial charge >= 0.3 is 6.03 Å². The predicted octanol–water partition coefficient (Wildman–Crippen LogP) is 4.89. The van der Waals surface area contributed by atoms with Crippen molar-refractivity contribution in [2.75, 3.05) is 41.8 Å². The molecule has 1 aliphatic rings. The molecule has 0 bridgehead atoms. The molecule has 0 aliphatic carbocycles. The minimum atomic E-state index is -0.586. The monoisotopic (exact) mass is 488 g/mol. The topological polar surface area (TPSA) is 93.5 Å². The Balaban J connectivity index is 1.26. The SMILES string of the molecule is Cn1cc(-c2cccc(Oc3ccc(F)c(NC(=O)Nc4cccc(N5CCOCC5)c4)c3)n2)cn1. The summed E-state index contributed by atoms with van der Waals surface area (Å²) >= 11 is 0. The zero-order chi connectivity index (χ0) is 24.9. The number of rotatable bonds is 6. The lowest BCUT2D eigenvalue weighted by molar-refractivity contribution is 0.122. The van der Waals surface area contributed by atoms with Crippen LogP contribution in [-0.2, 0) is 11.8 Å². The summed E-state index contributed by atoms with van der Waals surface area (Å²) in [5, 5.41) is 9.47. The van der Waals surface area contributed by atoms with Crippen LogP contribution >= 0.6 is 0 Å². The minimum Gasteiger partial charge on any atom is -0.439 e. The van der Waals surface area contributed by atoms with Crippen LogP contribution in [0.1, 0.15) is 0 Å². The number of amides is 2. The number of benzene rings is 2. The number of carbonyl (C=O) groups excluding carboxylic acids is 1. The molecule has 36 heavy (non-hydrogen) atoms. The van der Waals surface area contributed by atoms with E-state index in [0.29, 0.717) is 36.2 Å². The third-order valence-electron chi connectivity index (χ3n) is 5.61. The molecule has 10 heteroatoms. The fraction of sp³-hybridized carbons (Fsp3) is 0.192. The van der Waals surface area contributed by atoms with Gasteiger partial charge in [-0.1, -0.05) is 12.1 Å². The molecular weight excluding hydrogens is 463 g/mol. The van der Waals surface area contributed by atoms with Crippen molar-refractivity contribution in [1.29, 1.82) is 0 Å². The van der Waals surface area contributed by atoms with Crippen LogP contribution in [0.25, 0.3) is 11.3 Å². The van der Waals surface area contributed by atoms with Gasteiger partial charge in [0.2, 0.25) is 5.88 Å². The first-order valence-electron chi connectivity index (χ1n) is 11.5. The number of aryl methyl sites for hydroxylation is 1. The molecule has 0 spiro atoms. The average Bonchev–Trinajstić information content (AvgIpc) is 3.33. The number of nitrogens with zero attached hydrogens (tertiary/aromatic N) is 4. The van der Waals surface area contributed by atoms with Crippen molar-refractivity contribution >= 4 is 23.1 Å². The van der Waals surface area contributed by atoms with E-state index in [-0.39, 0.29) is 5.69 Å². The Morgan fingerprint density at radius 3 is 2.69 bits per heavy atom. The van der Waals surface area contributed by atoms with Crippen LogP contribution in [0.15, 0.2) is 73.1 Å². The van der Waals surface area contributed by atoms with Gasteiger partial charge in [0.05, 0.1) is 30.8 Å². The van der Waals surface area contributed by atoms with Crippen LogP contribution in [0.3, 0.4) is 0 Å². The number of anilines is 3. The summed E-state index contributed by atoms with van der Waals surface area (Å²) in [4.78, 5) is 19.3. The van der Waals surface area contributed by atoms with Crippen molar-refractivity contribution in [2.24, 2.45) is 7.05 Å². The summed E-state index contributed by atoms with van der Waals surface area (Å²) in [5.74, 6) is 0.0757. The third-order valence-corrected chi connectivity index (χ3v) is 5.61. The summed E-state index contributed by atoms with van der Waals surface area (Å²) in [6, 6.07) is 16.4. The van der Waals surface area contributed by atoms with Gasteiger partial charge in [0.25, 0.3) is 0 Å². The Bertz CT molecular complexity index is 1370. The maximum Gasteiger partial charge on any atom is 0.323 e. The van der Waals surface area contributed by atoms with Crippen molar-refractivity contribution in [3.8, 4) is 22.9 Å². The first-order valence-corrected chi connectivity index (χ1v) is 11.5. The van der Waals surface area contributed by atoms with E-state index >= 15 is 0 Å². The molecule has 1 saturated heterocycles. The molecule has 0 atom stereocenters. The Morgan fingerprint density at radius 1 is 1.06 bits per heavy atom. The van der Waals surface area contributed by atoms with Crippen LogP contribution in [-0.4, -0.2) is 47.1 Å². The van der Waals surface area contributed by atoms with Crippen molar-refractivity contribution < 1.29 is 18.7 Å². The standard InChI is InChI=1S/C26H25FN6O3/c1-32-17-18(16-28-32)23-6-3-7-25(30-23)36-21-8-9-22(27)24(15-21)31-26(34)29-19-4-2-5-20(14-19)33-10-12-35-13-11-33/h2-9,14-17H,10-13H2,1H3,(H2,29,31,34). The smallest absolute Gasteiger partial charge is 0.323 e. The van der Waals surface area contributed by atoms with E-state index in [9.17, 15) is 9.18 Å². The highest BCUT2D eigenvalue weighted by Crippen LogP contribution is 2.27. The van der Waals surface area contributed by atoms with Crippen molar-refractivity contribution in [3.63, 3.8) is 0 Å². The van der Waals surface area contributed by atoms with E-state index < -0.39 is 11.8 Å². The summed E-state index contributed by atoms with van der Waals surface area (Å²) < 4.78 is 27.4. The summed E-state index contributed by atoms with van der Waals surface area (Å²) in [7, 11) is 1.83. The lowest BCUT2D eigenvalue weighted by atomic mass is 10.2. The molecular formula is C26H25FN6O3. The molecule has 0 saturated carbocycles. The zero-order valence-electron chi connectivity index (χ0n) is 19.6. The number of halogens is 1. The number of ether oxygens (including phenoxy) is 2. The fourth-order valence-electron chi connectivity index (χ4n) is 3.86. The molecule has 0 unspecified atom stereocenters. The van der Waals surface area contributed by atoms with Crippen LogP contribution in [0.2, 0.25) is 0 Å². The van der Waals surface area contributed by atoms with Gasteiger partial charge in [-0.3, -0.25) is 4.68 Å². The second-order valence-corrected chi connectivity index (χ2v) is 8.24. The summed E-state index contributed by atoms with van der Waals surface area (Å²) in [6.07, 6.45) is 3.56. The zero-order valence-corrected chi connectivity index (χ0v) is 19.6. The van der Waals surface area contributed by atoms with Gasteiger partial charge in [0.15, 0.2) is 0 Å². The normalized spacial score (nSPS) is 13.3. The number of nitrogens with one attached hydrogen (secondary N) is 2. The fourth-order valence-corrected chi connectivity index (χ4v) is 3.86. The highest BCUT2D eigenvalue weighted by atomic mass is 19.1. The first-order chi connectivity index (χ1) is 17.5. The van der Waals surface area contributed by atoms with Gasteiger partial charge in [-0.15, -0.1) is 0 Å². The number of urea groups is 1. The van der Waals surface area contributed by atoms with Crippen LogP contribution in [0.4, 0.5) is 26.2 Å². The van der Waals surface area contributed by atoms with Crippen LogP contribution in [0, 0.1) is 5.82 Å². The van der Waals surface area contributed by atoms with Crippen molar-refractivity contribution in [2.45, 2.75) is 0 Å². The minimum absolute atomic E-state index is 0.0160. The molecule has 2 amide bonds. The number of hydrogen-bond acceptors (Lipinski definition) is 6. The Labute approximate surface area is 207 Å². The Morgan fingerprint density at radius 2 is 1.89 bits per heavy atom. The lowest BCUT2D eigenvalue weighted by Gasteiger charge is -2.29. The van der Waals surface area contributed by atoms with Gasteiger partial charge < -0.3 is 25.0 Å². The highest BCUT2D eigenvalue weighted by Gasteiger charge is 2.14. The van der Waals surface area contributed by atoms with E-state index in [1.165, 1.54) is 18.2 Å². The van der Waals surface area contributed by atoms with Crippen molar-refractivity contribution in [1.82, 2.24) is 14.8 Å². The molecule has 1 aliphatic heterocycles. The number of carbonyl (C=O) groups is 1. The molecule has 184 valence electrons. The molecule has 2 aromatic heterocycles. The van der Waals surface area contributed by atoms with Crippen molar-refractivity contribution in [3.05, 3.63) is 78.9 Å². The number of pyridine rings is 1. The Hall–Kier alpha value is -4.44. The molecule has 2 aromatic carbocycles. The molecule has 5 rings (SSSR count). The van der Waals surface area contributed by atoms with Gasteiger partial charge in [0.1, 0.15) is 11.6 Å². The molecule has 4 aromatic rings. The number of aromatic nitrogens is 3. The quantitative estimate of drug-likeness (QED) is 0.401. The van der Waals surface area contributed by atoms with Gasteiger partial charge in [-0.25, -0.2) is 14.2 Å². The average molecular weight is 489 g/mol. The summed E-state index contributed by atoms with van der Waals surface area (Å²) in [6.45, 7) is 2.90.